The average Bonchev–Trinajstić information content (AvgIpc) is 3.16. The summed E-state index contributed by atoms with van der Waals surface area (Å²) >= 11 is 7.45. The second-order valence-corrected chi connectivity index (χ2v) is 9.28. The van der Waals surface area contributed by atoms with E-state index in [0.717, 1.165) is 17.8 Å². The predicted octanol–water partition coefficient (Wildman–Crippen LogP) is 2.87. The Morgan fingerprint density at radius 1 is 1.42 bits per heavy atom. The molecule has 1 saturated heterocycles. The van der Waals surface area contributed by atoms with Gasteiger partial charge in [0.25, 0.3) is 0 Å². The lowest BCUT2D eigenvalue weighted by atomic mass is 9.98. The number of rotatable bonds is 6. The van der Waals surface area contributed by atoms with Crippen LogP contribution < -0.4 is 4.72 Å². The molecule has 1 N–H and O–H groups in total. The Labute approximate surface area is 162 Å². The summed E-state index contributed by atoms with van der Waals surface area (Å²) in [6.45, 7) is 1.42. The number of carbonyl (C=O) groups excluding carboxylic acids is 1. The van der Waals surface area contributed by atoms with Crippen LogP contribution in [-0.2, 0) is 14.8 Å². The maximum Gasteiger partial charge on any atom is 0.240 e. The van der Waals surface area contributed by atoms with E-state index in [9.17, 15) is 13.2 Å². The molecule has 1 fully saturated rings. The number of aromatic nitrogens is 1. The molecular weight excluding hydrogens is 394 g/mol. The van der Waals surface area contributed by atoms with Gasteiger partial charge >= 0.3 is 0 Å². The molecule has 2 heterocycles. The molecule has 1 aromatic carbocycles. The number of likely N-dealkylation sites (tertiary alicyclic amines) is 1. The Morgan fingerprint density at radius 2 is 2.27 bits per heavy atom. The van der Waals surface area contributed by atoms with Crippen molar-refractivity contribution in [1.29, 1.82) is 0 Å². The minimum atomic E-state index is -3.67. The number of hydrogen-bond acceptors (Lipinski definition) is 5. The summed E-state index contributed by atoms with van der Waals surface area (Å²) in [7, 11) is -3.67. The third-order valence-electron chi connectivity index (χ3n) is 4.31. The quantitative estimate of drug-likeness (QED) is 0.789. The summed E-state index contributed by atoms with van der Waals surface area (Å²) in [6.07, 6.45) is 3.87. The molecule has 1 unspecified atom stereocenters. The molecule has 2 aromatic rings. The zero-order valence-corrected chi connectivity index (χ0v) is 16.5. The van der Waals surface area contributed by atoms with Crippen LogP contribution in [0, 0.1) is 0 Å². The zero-order valence-electron chi connectivity index (χ0n) is 14.1. The van der Waals surface area contributed by atoms with E-state index in [2.05, 4.69) is 9.71 Å². The van der Waals surface area contributed by atoms with Crippen LogP contribution >= 0.6 is 22.9 Å². The van der Waals surface area contributed by atoms with Gasteiger partial charge in [-0.1, -0.05) is 17.7 Å². The predicted molar refractivity (Wildman–Crippen MR) is 102 cm³/mol. The largest absolute Gasteiger partial charge is 0.342 e. The number of benzene rings is 1. The van der Waals surface area contributed by atoms with E-state index in [-0.39, 0.29) is 29.7 Å². The van der Waals surface area contributed by atoms with Crippen LogP contribution in [0.5, 0.6) is 0 Å². The number of piperidine rings is 1. The van der Waals surface area contributed by atoms with E-state index in [4.69, 9.17) is 11.6 Å². The molecule has 1 atom stereocenters. The lowest BCUT2D eigenvalue weighted by Gasteiger charge is -2.32. The van der Waals surface area contributed by atoms with Gasteiger partial charge in [-0.3, -0.25) is 4.79 Å². The fourth-order valence-corrected chi connectivity index (χ4v) is 5.11. The number of hydrogen-bond donors (Lipinski definition) is 1. The van der Waals surface area contributed by atoms with Crippen LogP contribution in [0.15, 0.2) is 40.7 Å². The summed E-state index contributed by atoms with van der Waals surface area (Å²) in [5.74, 6) is 0.232. The minimum absolute atomic E-state index is 0.0416. The molecule has 0 radical (unpaired) electrons. The van der Waals surface area contributed by atoms with Crippen molar-refractivity contribution in [2.75, 3.05) is 19.6 Å². The van der Waals surface area contributed by atoms with Crippen molar-refractivity contribution in [2.45, 2.75) is 30.1 Å². The van der Waals surface area contributed by atoms with Gasteiger partial charge in [0.15, 0.2) is 0 Å². The standard InChI is InChI=1S/C17H20ClN3O3S2/c18-14-4-1-5-15(11-14)26(23,24)20-7-6-16(22)21-9-2-3-13(12-21)17-19-8-10-25-17/h1,4-5,8,10-11,13,20H,2-3,6-7,9,12H2. The minimum Gasteiger partial charge on any atom is -0.342 e. The van der Waals surface area contributed by atoms with Crippen LogP contribution in [0.1, 0.15) is 30.2 Å². The summed E-state index contributed by atoms with van der Waals surface area (Å²) in [6, 6.07) is 6.04. The average molecular weight is 414 g/mol. The van der Waals surface area contributed by atoms with Crippen molar-refractivity contribution in [3.8, 4) is 0 Å². The molecule has 3 rings (SSSR count). The normalized spacial score (nSPS) is 18.0. The highest BCUT2D eigenvalue weighted by Crippen LogP contribution is 2.28. The SMILES string of the molecule is O=C(CCNS(=O)(=O)c1cccc(Cl)c1)N1CCCC(c2nccs2)C1. The van der Waals surface area contributed by atoms with Gasteiger partial charge in [0.1, 0.15) is 0 Å². The lowest BCUT2D eigenvalue weighted by Crippen LogP contribution is -2.40. The molecular formula is C17H20ClN3O3S2. The molecule has 0 aliphatic carbocycles. The number of thiazole rings is 1. The maximum absolute atomic E-state index is 12.4. The van der Waals surface area contributed by atoms with Gasteiger partial charge in [0, 0.05) is 48.6 Å². The summed E-state index contributed by atoms with van der Waals surface area (Å²) in [5.41, 5.74) is 0. The smallest absolute Gasteiger partial charge is 0.240 e. The molecule has 1 aliphatic heterocycles. The molecule has 1 amide bonds. The Kier molecular flexibility index (Phi) is 6.29. The van der Waals surface area contributed by atoms with Crippen LogP contribution in [0.2, 0.25) is 5.02 Å². The zero-order chi connectivity index (χ0) is 18.6. The molecule has 1 aliphatic rings. The van der Waals surface area contributed by atoms with Crippen molar-refractivity contribution >= 4 is 38.9 Å². The number of nitrogens with zero attached hydrogens (tertiary/aromatic N) is 2. The third-order valence-corrected chi connectivity index (χ3v) is 6.94. The topological polar surface area (TPSA) is 79.4 Å². The molecule has 9 heteroatoms. The highest BCUT2D eigenvalue weighted by atomic mass is 35.5. The van der Waals surface area contributed by atoms with Crippen LogP contribution in [0.25, 0.3) is 0 Å². The summed E-state index contributed by atoms with van der Waals surface area (Å²) < 4.78 is 27.0. The monoisotopic (exact) mass is 413 g/mol. The van der Waals surface area contributed by atoms with Gasteiger partial charge in [-0.05, 0) is 31.0 Å². The number of amides is 1. The van der Waals surface area contributed by atoms with Gasteiger partial charge in [-0.25, -0.2) is 18.1 Å². The molecule has 6 nitrogen and oxygen atoms in total. The number of sulfonamides is 1. The van der Waals surface area contributed by atoms with Crippen molar-refractivity contribution in [2.24, 2.45) is 0 Å². The molecule has 140 valence electrons. The van der Waals surface area contributed by atoms with E-state index in [0.29, 0.717) is 18.1 Å². The van der Waals surface area contributed by atoms with Crippen molar-refractivity contribution < 1.29 is 13.2 Å². The summed E-state index contributed by atoms with van der Waals surface area (Å²) in [5, 5.41) is 3.36. The molecule has 0 spiro atoms. The second kappa shape index (κ2) is 8.47. The van der Waals surface area contributed by atoms with Crippen LogP contribution in [0.4, 0.5) is 0 Å². The van der Waals surface area contributed by atoms with Gasteiger partial charge in [-0.2, -0.15) is 0 Å². The lowest BCUT2D eigenvalue weighted by molar-refractivity contribution is -0.132. The number of halogens is 1. The highest BCUT2D eigenvalue weighted by molar-refractivity contribution is 7.89. The third kappa shape index (κ3) is 4.82. The van der Waals surface area contributed by atoms with E-state index in [1.54, 1.807) is 29.7 Å². The van der Waals surface area contributed by atoms with Gasteiger partial charge < -0.3 is 4.90 Å². The highest BCUT2D eigenvalue weighted by Gasteiger charge is 2.26. The van der Waals surface area contributed by atoms with Crippen molar-refractivity contribution in [3.05, 3.63) is 45.9 Å². The van der Waals surface area contributed by atoms with Crippen molar-refractivity contribution in [1.82, 2.24) is 14.6 Å². The van der Waals surface area contributed by atoms with Gasteiger partial charge in [-0.15, -0.1) is 11.3 Å². The summed E-state index contributed by atoms with van der Waals surface area (Å²) in [4.78, 5) is 18.7. The Bertz CT molecular complexity index is 856. The van der Waals surface area contributed by atoms with E-state index < -0.39 is 10.0 Å². The first-order valence-corrected chi connectivity index (χ1v) is 11.1. The molecule has 26 heavy (non-hydrogen) atoms. The first-order valence-electron chi connectivity index (χ1n) is 8.38. The Balaban J connectivity index is 1.52. The molecule has 0 bridgehead atoms. The molecule has 1 aromatic heterocycles. The first kappa shape index (κ1) is 19.3. The first-order chi connectivity index (χ1) is 12.5. The maximum atomic E-state index is 12.4. The van der Waals surface area contributed by atoms with E-state index in [1.165, 1.54) is 12.1 Å². The van der Waals surface area contributed by atoms with E-state index >= 15 is 0 Å². The fraction of sp³-hybridized carbons (Fsp3) is 0.412. The fourth-order valence-electron chi connectivity index (χ4n) is 3.01. The van der Waals surface area contributed by atoms with Crippen molar-refractivity contribution in [3.63, 3.8) is 0 Å². The Morgan fingerprint density at radius 3 is 3.00 bits per heavy atom. The number of carbonyl (C=O) groups is 1. The number of nitrogens with one attached hydrogen (secondary N) is 1. The van der Waals surface area contributed by atoms with E-state index in [1.807, 2.05) is 10.3 Å². The van der Waals surface area contributed by atoms with Gasteiger partial charge in [0.05, 0.1) is 9.90 Å². The molecule has 0 saturated carbocycles. The van der Waals surface area contributed by atoms with Crippen LogP contribution in [-0.4, -0.2) is 43.8 Å². The Hall–Kier alpha value is -1.48. The van der Waals surface area contributed by atoms with Gasteiger partial charge in [0.2, 0.25) is 15.9 Å². The second-order valence-electron chi connectivity index (χ2n) is 6.15. The van der Waals surface area contributed by atoms with Crippen LogP contribution in [0.3, 0.4) is 0 Å².